The van der Waals surface area contributed by atoms with Crippen molar-refractivity contribution in [2.75, 3.05) is 6.61 Å². The Bertz CT molecular complexity index is 342. The molecule has 15 heavy (non-hydrogen) atoms. The summed E-state index contributed by atoms with van der Waals surface area (Å²) in [5.41, 5.74) is 1.87. The number of rotatable bonds is 5. The van der Waals surface area contributed by atoms with E-state index >= 15 is 0 Å². The summed E-state index contributed by atoms with van der Waals surface area (Å²) >= 11 is 0. The number of carbonyl (C=O) groups excluding carboxylic acids is 1. The highest BCUT2D eigenvalue weighted by atomic mass is 16.5. The summed E-state index contributed by atoms with van der Waals surface area (Å²) < 4.78 is 5.60. The zero-order valence-electron chi connectivity index (χ0n) is 9.67. The lowest BCUT2D eigenvalue weighted by Crippen LogP contribution is -2.00. The smallest absolute Gasteiger partial charge is 0.159 e. The van der Waals surface area contributed by atoms with Crippen LogP contribution in [0.3, 0.4) is 0 Å². The lowest BCUT2D eigenvalue weighted by molar-refractivity contribution is 0.101. The summed E-state index contributed by atoms with van der Waals surface area (Å²) in [6.07, 6.45) is 1.89. The van der Waals surface area contributed by atoms with E-state index in [1.807, 2.05) is 18.2 Å². The fourth-order valence-electron chi connectivity index (χ4n) is 1.43. The molecule has 0 saturated carbocycles. The summed E-state index contributed by atoms with van der Waals surface area (Å²) in [4.78, 5) is 11.2. The summed E-state index contributed by atoms with van der Waals surface area (Å²) in [6.45, 7) is 6.46. The number of ketones is 1. The van der Waals surface area contributed by atoms with Crippen molar-refractivity contribution in [3.8, 4) is 5.75 Å². The van der Waals surface area contributed by atoms with E-state index in [4.69, 9.17) is 4.74 Å². The van der Waals surface area contributed by atoms with Crippen molar-refractivity contribution < 1.29 is 9.53 Å². The van der Waals surface area contributed by atoms with Gasteiger partial charge in [0.05, 0.1) is 6.61 Å². The number of Topliss-reactive ketones (excluding diaryl/α,β-unsaturated/α-hetero) is 1. The molecule has 0 heterocycles. The Kier molecular flexibility index (Phi) is 4.35. The average Bonchev–Trinajstić information content (AvgIpc) is 2.25. The molecule has 1 aromatic rings. The minimum atomic E-state index is 0.103. The molecule has 82 valence electrons. The largest absolute Gasteiger partial charge is 0.493 e. The molecular weight excluding hydrogens is 188 g/mol. The molecule has 2 nitrogen and oxygen atoms in total. The Morgan fingerprint density at radius 3 is 2.60 bits per heavy atom. The molecular formula is C13H18O2. The topological polar surface area (TPSA) is 26.3 Å². The van der Waals surface area contributed by atoms with Gasteiger partial charge in [-0.25, -0.2) is 0 Å². The standard InChI is InChI=1S/C13H18O2/c1-4-8-15-13-7-6-12(10(3)14)9-11(13)5-2/h6-7,9H,4-5,8H2,1-3H3. The first-order valence-electron chi connectivity index (χ1n) is 5.45. The van der Waals surface area contributed by atoms with Gasteiger partial charge in [0.25, 0.3) is 0 Å². The second-order valence-electron chi connectivity index (χ2n) is 3.58. The maximum atomic E-state index is 11.2. The van der Waals surface area contributed by atoms with Gasteiger partial charge >= 0.3 is 0 Å². The molecule has 0 atom stereocenters. The van der Waals surface area contributed by atoms with E-state index in [0.29, 0.717) is 0 Å². The second kappa shape index (κ2) is 5.54. The third kappa shape index (κ3) is 3.08. The third-order valence-corrected chi connectivity index (χ3v) is 2.31. The number of aryl methyl sites for hydroxylation is 1. The lowest BCUT2D eigenvalue weighted by atomic mass is 10.1. The Labute approximate surface area is 91.3 Å². The summed E-state index contributed by atoms with van der Waals surface area (Å²) in [7, 11) is 0. The molecule has 0 aliphatic heterocycles. The van der Waals surface area contributed by atoms with Crippen LogP contribution < -0.4 is 4.74 Å². The van der Waals surface area contributed by atoms with E-state index in [1.54, 1.807) is 6.92 Å². The molecule has 1 aromatic carbocycles. The second-order valence-corrected chi connectivity index (χ2v) is 3.58. The summed E-state index contributed by atoms with van der Waals surface area (Å²) in [5.74, 6) is 1.01. The van der Waals surface area contributed by atoms with E-state index in [-0.39, 0.29) is 5.78 Å². The minimum absolute atomic E-state index is 0.103. The maximum Gasteiger partial charge on any atom is 0.159 e. The molecule has 0 amide bonds. The number of hydrogen-bond acceptors (Lipinski definition) is 2. The Hall–Kier alpha value is -1.31. The van der Waals surface area contributed by atoms with Crippen LogP contribution in [0.1, 0.15) is 43.1 Å². The van der Waals surface area contributed by atoms with Crippen molar-refractivity contribution in [3.05, 3.63) is 29.3 Å². The Morgan fingerprint density at radius 2 is 2.07 bits per heavy atom. The lowest BCUT2D eigenvalue weighted by Gasteiger charge is -2.10. The van der Waals surface area contributed by atoms with Gasteiger partial charge in [-0.05, 0) is 43.5 Å². The van der Waals surface area contributed by atoms with Crippen LogP contribution in [-0.2, 0) is 6.42 Å². The highest BCUT2D eigenvalue weighted by Gasteiger charge is 2.05. The molecule has 0 spiro atoms. The normalized spacial score (nSPS) is 10.1. The fraction of sp³-hybridized carbons (Fsp3) is 0.462. The van der Waals surface area contributed by atoms with Gasteiger partial charge in [-0.3, -0.25) is 4.79 Å². The van der Waals surface area contributed by atoms with Crippen molar-refractivity contribution in [3.63, 3.8) is 0 Å². The zero-order chi connectivity index (χ0) is 11.3. The minimum Gasteiger partial charge on any atom is -0.493 e. The van der Waals surface area contributed by atoms with Crippen LogP contribution in [0, 0.1) is 0 Å². The Morgan fingerprint density at radius 1 is 1.33 bits per heavy atom. The predicted octanol–water partition coefficient (Wildman–Crippen LogP) is 3.24. The van der Waals surface area contributed by atoms with Gasteiger partial charge in [-0.2, -0.15) is 0 Å². The Balaban J connectivity index is 2.93. The predicted molar refractivity (Wildman–Crippen MR) is 61.6 cm³/mol. The summed E-state index contributed by atoms with van der Waals surface area (Å²) in [5, 5.41) is 0. The number of ether oxygens (including phenoxy) is 1. The molecule has 0 aromatic heterocycles. The molecule has 0 aliphatic rings. The maximum absolute atomic E-state index is 11.2. The highest BCUT2D eigenvalue weighted by Crippen LogP contribution is 2.21. The van der Waals surface area contributed by atoms with Gasteiger partial charge in [-0.15, -0.1) is 0 Å². The van der Waals surface area contributed by atoms with Gasteiger partial charge in [0.1, 0.15) is 5.75 Å². The molecule has 0 radical (unpaired) electrons. The van der Waals surface area contributed by atoms with Crippen LogP contribution in [0.2, 0.25) is 0 Å². The van der Waals surface area contributed by atoms with Crippen LogP contribution in [-0.4, -0.2) is 12.4 Å². The van der Waals surface area contributed by atoms with Crippen LogP contribution in [0.15, 0.2) is 18.2 Å². The molecule has 0 bridgehead atoms. The molecule has 2 heteroatoms. The molecule has 0 unspecified atom stereocenters. The van der Waals surface area contributed by atoms with Crippen molar-refractivity contribution >= 4 is 5.78 Å². The molecule has 0 saturated heterocycles. The van der Waals surface area contributed by atoms with Crippen molar-refractivity contribution in [1.29, 1.82) is 0 Å². The van der Waals surface area contributed by atoms with Gasteiger partial charge in [0, 0.05) is 5.56 Å². The van der Waals surface area contributed by atoms with Gasteiger partial charge < -0.3 is 4.74 Å². The average molecular weight is 206 g/mol. The quantitative estimate of drug-likeness (QED) is 0.691. The number of carbonyl (C=O) groups is 1. The van der Waals surface area contributed by atoms with E-state index < -0.39 is 0 Å². The zero-order valence-corrected chi connectivity index (χ0v) is 9.67. The summed E-state index contributed by atoms with van der Waals surface area (Å²) in [6, 6.07) is 5.64. The van der Waals surface area contributed by atoms with Crippen molar-refractivity contribution in [1.82, 2.24) is 0 Å². The first-order chi connectivity index (χ1) is 7.19. The SMILES string of the molecule is CCCOc1ccc(C(C)=O)cc1CC. The van der Waals surface area contributed by atoms with Crippen LogP contribution in [0.5, 0.6) is 5.75 Å². The first kappa shape index (κ1) is 11.8. The van der Waals surface area contributed by atoms with Gasteiger partial charge in [0.2, 0.25) is 0 Å². The van der Waals surface area contributed by atoms with Crippen molar-refractivity contribution in [2.24, 2.45) is 0 Å². The van der Waals surface area contributed by atoms with E-state index in [0.717, 1.165) is 36.3 Å². The van der Waals surface area contributed by atoms with Gasteiger partial charge in [0.15, 0.2) is 5.78 Å². The third-order valence-electron chi connectivity index (χ3n) is 2.31. The number of hydrogen-bond donors (Lipinski definition) is 0. The molecule has 0 fully saturated rings. The highest BCUT2D eigenvalue weighted by molar-refractivity contribution is 5.94. The number of benzene rings is 1. The van der Waals surface area contributed by atoms with E-state index in [1.165, 1.54) is 0 Å². The van der Waals surface area contributed by atoms with Crippen LogP contribution >= 0.6 is 0 Å². The van der Waals surface area contributed by atoms with Crippen LogP contribution in [0.4, 0.5) is 0 Å². The first-order valence-corrected chi connectivity index (χ1v) is 5.45. The monoisotopic (exact) mass is 206 g/mol. The molecule has 0 aliphatic carbocycles. The molecule has 1 rings (SSSR count). The van der Waals surface area contributed by atoms with Crippen LogP contribution in [0.25, 0.3) is 0 Å². The molecule has 0 N–H and O–H groups in total. The van der Waals surface area contributed by atoms with E-state index in [2.05, 4.69) is 13.8 Å². The van der Waals surface area contributed by atoms with Gasteiger partial charge in [-0.1, -0.05) is 13.8 Å². The fourth-order valence-corrected chi connectivity index (χ4v) is 1.43. The van der Waals surface area contributed by atoms with Crippen molar-refractivity contribution in [2.45, 2.75) is 33.6 Å². The van der Waals surface area contributed by atoms with E-state index in [9.17, 15) is 4.79 Å².